The molecule has 0 bridgehead atoms. The molecule has 0 aromatic heterocycles. The molecule has 6 N–H and O–H groups in total. The van der Waals surface area contributed by atoms with Crippen LogP contribution < -0.4 is 20.5 Å². The second-order valence-electron chi connectivity index (χ2n) is 10.7. The number of carbonyl (C=O) groups excluding carboxylic acids is 1. The van der Waals surface area contributed by atoms with Crippen LogP contribution in [0.2, 0.25) is 0 Å². The Morgan fingerprint density at radius 2 is 1.67 bits per heavy atom. The summed E-state index contributed by atoms with van der Waals surface area (Å²) in [6.07, 6.45) is 5.24. The first-order valence-electron chi connectivity index (χ1n) is 14.5. The molecule has 10 heteroatoms. The number of rotatable bonds is 14. The van der Waals surface area contributed by atoms with E-state index in [-0.39, 0.29) is 30.4 Å². The van der Waals surface area contributed by atoms with Crippen LogP contribution in [0.4, 0.5) is 5.69 Å². The minimum atomic E-state index is -3.88. The average Bonchev–Trinajstić information content (AvgIpc) is 2.99. The van der Waals surface area contributed by atoms with E-state index in [9.17, 15) is 18.3 Å². The van der Waals surface area contributed by atoms with Gasteiger partial charge in [0, 0.05) is 18.8 Å². The van der Waals surface area contributed by atoms with Crippen LogP contribution in [-0.2, 0) is 16.4 Å². The highest BCUT2D eigenvalue weighted by molar-refractivity contribution is 7.90. The Morgan fingerprint density at radius 3 is 2.36 bits per heavy atom. The number of nitrogens with one attached hydrogen (secondary N) is 2. The van der Waals surface area contributed by atoms with Gasteiger partial charge < -0.3 is 26.0 Å². The average molecular weight is 596 g/mol. The van der Waals surface area contributed by atoms with Gasteiger partial charge in [0.05, 0.1) is 23.5 Å². The molecular weight excluding hydrogens is 554 g/mol. The van der Waals surface area contributed by atoms with E-state index in [0.29, 0.717) is 24.5 Å². The van der Waals surface area contributed by atoms with Crippen LogP contribution in [0.5, 0.6) is 5.75 Å². The van der Waals surface area contributed by atoms with Gasteiger partial charge >= 0.3 is 0 Å². The summed E-state index contributed by atoms with van der Waals surface area (Å²) in [6.45, 7) is 0.868. The first kappa shape index (κ1) is 31.5. The molecular formula is C32H41N3O6S. The lowest BCUT2D eigenvalue weighted by molar-refractivity contribution is 0.0969. The molecule has 226 valence electrons. The van der Waals surface area contributed by atoms with Crippen molar-refractivity contribution in [2.24, 2.45) is 0 Å². The molecule has 9 nitrogen and oxygen atoms in total. The fraction of sp³-hybridized carbons (Fsp3) is 0.406. The van der Waals surface area contributed by atoms with Crippen molar-refractivity contribution >= 4 is 21.6 Å². The maximum absolute atomic E-state index is 13.0. The zero-order chi connectivity index (χ0) is 30.0. The normalized spacial score (nSPS) is 14.8. The van der Waals surface area contributed by atoms with Crippen molar-refractivity contribution in [3.63, 3.8) is 0 Å². The molecule has 0 saturated heterocycles. The van der Waals surface area contributed by atoms with E-state index >= 15 is 0 Å². The molecule has 42 heavy (non-hydrogen) atoms. The van der Waals surface area contributed by atoms with Crippen LogP contribution in [0.1, 0.15) is 66.1 Å². The molecule has 0 radical (unpaired) electrons. The summed E-state index contributed by atoms with van der Waals surface area (Å²) in [5.41, 5.74) is 10.3. The molecule has 1 amide bonds. The maximum atomic E-state index is 13.0. The predicted molar refractivity (Wildman–Crippen MR) is 165 cm³/mol. The Labute approximate surface area is 248 Å². The van der Waals surface area contributed by atoms with Gasteiger partial charge in [0.1, 0.15) is 5.75 Å². The summed E-state index contributed by atoms with van der Waals surface area (Å²) in [5.74, 6) is -0.714. The highest BCUT2D eigenvalue weighted by atomic mass is 32.2. The second kappa shape index (κ2) is 15.2. The summed E-state index contributed by atoms with van der Waals surface area (Å²) in [7, 11) is -3.88. The summed E-state index contributed by atoms with van der Waals surface area (Å²) < 4.78 is 33.0. The zero-order valence-corrected chi connectivity index (χ0v) is 24.6. The molecule has 0 unspecified atom stereocenters. The van der Waals surface area contributed by atoms with Crippen LogP contribution >= 0.6 is 0 Å². The van der Waals surface area contributed by atoms with Gasteiger partial charge in [-0.25, -0.2) is 13.1 Å². The summed E-state index contributed by atoms with van der Waals surface area (Å²) >= 11 is 0. The van der Waals surface area contributed by atoms with E-state index in [1.165, 1.54) is 0 Å². The van der Waals surface area contributed by atoms with Crippen LogP contribution in [0.3, 0.4) is 0 Å². The SMILES string of the molecule is Nc1ccc([C@@H](O)CNCCc2ccc(-c3ccc(C(=O)NS(=O)(=O)CCCO)c(OC4CCCCC4)c3)cc2)cc1. The van der Waals surface area contributed by atoms with Crippen molar-refractivity contribution in [1.29, 1.82) is 0 Å². The molecule has 1 atom stereocenters. The number of aliphatic hydroxyl groups excluding tert-OH is 2. The number of ether oxygens (including phenoxy) is 1. The monoisotopic (exact) mass is 595 g/mol. The largest absolute Gasteiger partial charge is 0.490 e. The van der Waals surface area contributed by atoms with Crippen molar-refractivity contribution in [3.05, 3.63) is 83.4 Å². The highest BCUT2D eigenvalue weighted by Gasteiger charge is 2.23. The van der Waals surface area contributed by atoms with Crippen molar-refractivity contribution in [1.82, 2.24) is 10.0 Å². The van der Waals surface area contributed by atoms with Gasteiger partial charge in [0.15, 0.2) is 0 Å². The molecule has 1 fully saturated rings. The molecule has 3 aromatic carbocycles. The third-order valence-electron chi connectivity index (χ3n) is 7.43. The van der Waals surface area contributed by atoms with Crippen molar-refractivity contribution in [3.8, 4) is 16.9 Å². The van der Waals surface area contributed by atoms with E-state index in [4.69, 9.17) is 15.6 Å². The lowest BCUT2D eigenvalue weighted by Gasteiger charge is -2.24. The number of amides is 1. The second-order valence-corrected chi connectivity index (χ2v) is 12.6. The number of aliphatic hydroxyl groups is 2. The Hall–Kier alpha value is -3.44. The molecule has 0 heterocycles. The third kappa shape index (κ3) is 9.29. The topological polar surface area (TPSA) is 151 Å². The van der Waals surface area contributed by atoms with Crippen molar-refractivity contribution < 1.29 is 28.2 Å². The van der Waals surface area contributed by atoms with E-state index in [1.54, 1.807) is 30.3 Å². The van der Waals surface area contributed by atoms with E-state index < -0.39 is 22.0 Å². The van der Waals surface area contributed by atoms with Crippen molar-refractivity contribution in [2.75, 3.05) is 31.2 Å². The number of nitrogens with two attached hydrogens (primary N) is 1. The number of hydrogen-bond donors (Lipinski definition) is 5. The Kier molecular flexibility index (Phi) is 11.4. The molecule has 1 aliphatic rings. The lowest BCUT2D eigenvalue weighted by atomic mass is 9.97. The van der Waals surface area contributed by atoms with Crippen LogP contribution in [-0.4, -0.2) is 56.1 Å². The Balaban J connectivity index is 1.41. The third-order valence-corrected chi connectivity index (χ3v) is 8.75. The van der Waals surface area contributed by atoms with E-state index in [1.807, 2.05) is 36.4 Å². The van der Waals surface area contributed by atoms with Gasteiger partial charge in [-0.1, -0.05) is 48.9 Å². The molecule has 4 rings (SSSR count). The fourth-order valence-corrected chi connectivity index (χ4v) is 6.03. The molecule has 0 spiro atoms. The minimum Gasteiger partial charge on any atom is -0.490 e. The Morgan fingerprint density at radius 1 is 0.976 bits per heavy atom. The van der Waals surface area contributed by atoms with E-state index in [2.05, 4.69) is 10.0 Å². The molecule has 0 aliphatic heterocycles. The first-order chi connectivity index (χ1) is 20.2. The number of carbonyl (C=O) groups is 1. The number of anilines is 1. The standard InChI is InChI=1S/C32H41N3O6S/c33-27-14-11-25(12-15-27)30(37)22-34-18-17-23-7-9-24(10-8-23)26-13-16-29(32(38)35-42(39,40)20-4-19-36)31(21-26)41-28-5-2-1-3-6-28/h7-16,21,28,30,34,36-37H,1-6,17-20,22,33H2,(H,35,38)/t30-/m0/s1. The van der Waals surface area contributed by atoms with Gasteiger partial charge in [-0.15, -0.1) is 0 Å². The van der Waals surface area contributed by atoms with Crippen LogP contribution in [0, 0.1) is 0 Å². The first-order valence-corrected chi connectivity index (χ1v) is 16.2. The number of hydrogen-bond acceptors (Lipinski definition) is 8. The lowest BCUT2D eigenvalue weighted by Crippen LogP contribution is -2.33. The summed E-state index contributed by atoms with van der Waals surface area (Å²) in [5, 5.41) is 22.6. The van der Waals surface area contributed by atoms with Gasteiger partial charge in [0.2, 0.25) is 10.0 Å². The van der Waals surface area contributed by atoms with Gasteiger partial charge in [-0.2, -0.15) is 0 Å². The maximum Gasteiger partial charge on any atom is 0.268 e. The molecule has 1 aliphatic carbocycles. The van der Waals surface area contributed by atoms with Gasteiger partial charge in [-0.3, -0.25) is 4.79 Å². The minimum absolute atomic E-state index is 0.0278. The molecule has 3 aromatic rings. The summed E-state index contributed by atoms with van der Waals surface area (Å²) in [4.78, 5) is 13.0. The van der Waals surface area contributed by atoms with Crippen LogP contribution in [0.25, 0.3) is 11.1 Å². The number of nitrogen functional groups attached to an aromatic ring is 1. The number of sulfonamides is 1. The molecule has 1 saturated carbocycles. The van der Waals surface area contributed by atoms with Gasteiger partial charge in [-0.05, 0) is 91.6 Å². The zero-order valence-electron chi connectivity index (χ0n) is 23.8. The van der Waals surface area contributed by atoms with Gasteiger partial charge in [0.25, 0.3) is 5.91 Å². The van der Waals surface area contributed by atoms with Crippen molar-refractivity contribution in [2.45, 2.75) is 57.2 Å². The Bertz CT molecular complexity index is 1410. The number of benzene rings is 3. The quantitative estimate of drug-likeness (QED) is 0.139. The van der Waals surface area contributed by atoms with E-state index in [0.717, 1.165) is 60.8 Å². The van der Waals surface area contributed by atoms with Crippen LogP contribution in [0.15, 0.2) is 66.7 Å². The summed E-state index contributed by atoms with van der Waals surface area (Å²) in [6, 6.07) is 20.5. The fourth-order valence-electron chi connectivity index (χ4n) is 5.02. The highest BCUT2D eigenvalue weighted by Crippen LogP contribution is 2.31. The smallest absolute Gasteiger partial charge is 0.268 e. The predicted octanol–water partition coefficient (Wildman–Crippen LogP) is 3.96.